The van der Waals surface area contributed by atoms with Crippen molar-refractivity contribution in [1.82, 2.24) is 4.57 Å². The van der Waals surface area contributed by atoms with E-state index in [2.05, 4.69) is 46.8 Å². The largest absolute Gasteiger partial charge is 0.494 e. The van der Waals surface area contributed by atoms with E-state index in [9.17, 15) is 4.79 Å². The first-order valence-corrected chi connectivity index (χ1v) is 15.4. The molecule has 0 spiro atoms. The highest BCUT2D eigenvalue weighted by molar-refractivity contribution is 5.89. The highest BCUT2D eigenvalue weighted by Gasteiger charge is 2.20. The van der Waals surface area contributed by atoms with Crippen LogP contribution in [0.3, 0.4) is 0 Å². The standard InChI is InChI=1S/C36H49NO4/c1-6-8-10-14-23-37-33-26-31(39-24-9-7-2)20-21-32(33)34(40-25-22-29(5)17-15-16-28(3)4)35(36(37)38)41-27-30-18-12-11-13-19-30/h11-13,16,18-22,26H,6-10,14-15,17,23-25,27H2,1-5H3/b29-22+. The third kappa shape index (κ3) is 10.1. The third-order valence-electron chi connectivity index (χ3n) is 7.13. The van der Waals surface area contributed by atoms with Gasteiger partial charge in [-0.2, -0.15) is 0 Å². The SMILES string of the molecule is CCCCCCn1c(=O)c(OCc2ccccc2)c(OC/C=C(\C)CCC=C(C)C)c2ccc(OCCCC)cc21. The fraction of sp³-hybridized carbons (Fsp3) is 0.472. The first-order chi connectivity index (χ1) is 19.9. The predicted molar refractivity (Wildman–Crippen MR) is 171 cm³/mol. The van der Waals surface area contributed by atoms with E-state index in [0.717, 1.165) is 73.6 Å². The average Bonchev–Trinajstić information content (AvgIpc) is 2.96. The molecule has 0 aliphatic heterocycles. The molecular formula is C36H49NO4. The summed E-state index contributed by atoms with van der Waals surface area (Å²) in [5.41, 5.74) is 4.26. The second-order valence-corrected chi connectivity index (χ2v) is 11.0. The van der Waals surface area contributed by atoms with Gasteiger partial charge in [0.25, 0.3) is 5.56 Å². The molecule has 41 heavy (non-hydrogen) atoms. The van der Waals surface area contributed by atoms with Crippen LogP contribution >= 0.6 is 0 Å². The van der Waals surface area contributed by atoms with Crippen LogP contribution in [0.4, 0.5) is 0 Å². The van der Waals surface area contributed by atoms with Crippen molar-refractivity contribution in [3.63, 3.8) is 0 Å². The van der Waals surface area contributed by atoms with Crippen molar-refractivity contribution >= 4 is 10.9 Å². The molecule has 2 aromatic carbocycles. The maximum absolute atomic E-state index is 14.1. The molecule has 0 aliphatic rings. The zero-order valence-corrected chi connectivity index (χ0v) is 25.8. The third-order valence-corrected chi connectivity index (χ3v) is 7.13. The van der Waals surface area contributed by atoms with Crippen LogP contribution in [-0.4, -0.2) is 17.8 Å². The molecule has 5 heteroatoms. The van der Waals surface area contributed by atoms with Crippen molar-refractivity contribution < 1.29 is 14.2 Å². The number of rotatable bonds is 18. The van der Waals surface area contributed by atoms with Crippen LogP contribution in [-0.2, 0) is 13.2 Å². The fourth-order valence-corrected chi connectivity index (χ4v) is 4.68. The van der Waals surface area contributed by atoms with Gasteiger partial charge in [0.2, 0.25) is 5.75 Å². The van der Waals surface area contributed by atoms with E-state index in [-0.39, 0.29) is 11.3 Å². The summed E-state index contributed by atoms with van der Waals surface area (Å²) < 4.78 is 20.5. The van der Waals surface area contributed by atoms with E-state index in [1.807, 2.05) is 53.1 Å². The molecule has 222 valence electrons. The number of hydrogen-bond acceptors (Lipinski definition) is 4. The van der Waals surface area contributed by atoms with Crippen LogP contribution in [0, 0.1) is 0 Å². The molecule has 5 nitrogen and oxygen atoms in total. The summed E-state index contributed by atoms with van der Waals surface area (Å²) >= 11 is 0. The zero-order valence-electron chi connectivity index (χ0n) is 25.8. The van der Waals surface area contributed by atoms with Crippen molar-refractivity contribution in [1.29, 1.82) is 0 Å². The molecule has 0 unspecified atom stereocenters. The number of unbranched alkanes of at least 4 members (excludes halogenated alkanes) is 4. The normalized spacial score (nSPS) is 11.5. The minimum absolute atomic E-state index is 0.158. The molecule has 0 aliphatic carbocycles. The summed E-state index contributed by atoms with van der Waals surface area (Å²) in [6.45, 7) is 12.7. The second-order valence-electron chi connectivity index (χ2n) is 11.0. The van der Waals surface area contributed by atoms with Gasteiger partial charge in [0, 0.05) is 18.0 Å². The van der Waals surface area contributed by atoms with E-state index in [1.54, 1.807) is 0 Å². The first kappa shape index (κ1) is 32.0. The number of benzene rings is 2. The van der Waals surface area contributed by atoms with Crippen molar-refractivity contribution in [2.45, 2.75) is 99.1 Å². The summed E-state index contributed by atoms with van der Waals surface area (Å²) in [5.74, 6) is 1.54. The average molecular weight is 560 g/mol. The summed E-state index contributed by atoms with van der Waals surface area (Å²) in [6.07, 6.45) is 12.7. The van der Waals surface area contributed by atoms with Crippen molar-refractivity contribution in [2.75, 3.05) is 13.2 Å². The lowest BCUT2D eigenvalue weighted by molar-refractivity contribution is 0.270. The fourth-order valence-electron chi connectivity index (χ4n) is 4.68. The predicted octanol–water partition coefficient (Wildman–Crippen LogP) is 9.41. The Morgan fingerprint density at radius 2 is 1.61 bits per heavy atom. The minimum Gasteiger partial charge on any atom is -0.494 e. The lowest BCUT2D eigenvalue weighted by Crippen LogP contribution is -2.24. The number of hydrogen-bond donors (Lipinski definition) is 0. The Labute approximate surface area is 246 Å². The van der Waals surface area contributed by atoms with E-state index >= 15 is 0 Å². The Balaban J connectivity index is 2.02. The smallest absolute Gasteiger partial charge is 0.297 e. The lowest BCUT2D eigenvalue weighted by Gasteiger charge is -2.19. The molecule has 3 aromatic rings. The van der Waals surface area contributed by atoms with Gasteiger partial charge in [-0.1, -0.05) is 87.1 Å². The second kappa shape index (κ2) is 17.4. The lowest BCUT2D eigenvalue weighted by atomic mass is 10.1. The van der Waals surface area contributed by atoms with Crippen molar-refractivity contribution in [3.05, 3.63) is 87.7 Å². The van der Waals surface area contributed by atoms with E-state index in [4.69, 9.17) is 14.2 Å². The monoisotopic (exact) mass is 559 g/mol. The topological polar surface area (TPSA) is 49.7 Å². The molecule has 0 saturated heterocycles. The molecule has 3 rings (SSSR count). The Kier molecular flexibility index (Phi) is 13.6. The molecule has 0 radical (unpaired) electrons. The van der Waals surface area contributed by atoms with Crippen LogP contribution in [0.2, 0.25) is 0 Å². The molecule has 0 saturated carbocycles. The van der Waals surface area contributed by atoms with Gasteiger partial charge in [0.1, 0.15) is 19.0 Å². The van der Waals surface area contributed by atoms with Crippen molar-refractivity contribution in [3.8, 4) is 17.2 Å². The summed E-state index contributed by atoms with van der Waals surface area (Å²) in [4.78, 5) is 14.1. The molecule has 0 fully saturated rings. The molecular weight excluding hydrogens is 510 g/mol. The van der Waals surface area contributed by atoms with Gasteiger partial charge in [0.05, 0.1) is 12.1 Å². The summed E-state index contributed by atoms with van der Waals surface area (Å²) in [6, 6.07) is 15.9. The molecule has 0 bridgehead atoms. The van der Waals surface area contributed by atoms with Crippen LogP contribution in [0.15, 0.2) is 76.6 Å². The molecule has 1 heterocycles. The van der Waals surface area contributed by atoms with Gasteiger partial charge in [-0.15, -0.1) is 0 Å². The zero-order chi connectivity index (χ0) is 29.5. The number of aryl methyl sites for hydroxylation is 1. The van der Waals surface area contributed by atoms with E-state index in [1.165, 1.54) is 11.1 Å². The van der Waals surface area contributed by atoms with Crippen molar-refractivity contribution in [2.24, 2.45) is 0 Å². The summed E-state index contributed by atoms with van der Waals surface area (Å²) in [5, 5.41) is 0.863. The summed E-state index contributed by atoms with van der Waals surface area (Å²) in [7, 11) is 0. The van der Waals surface area contributed by atoms with E-state index in [0.29, 0.717) is 32.1 Å². The van der Waals surface area contributed by atoms with Gasteiger partial charge in [-0.3, -0.25) is 4.79 Å². The van der Waals surface area contributed by atoms with Gasteiger partial charge < -0.3 is 18.8 Å². The van der Waals surface area contributed by atoms with Crippen LogP contribution in [0.5, 0.6) is 17.2 Å². The first-order valence-electron chi connectivity index (χ1n) is 15.4. The number of aromatic nitrogens is 1. The van der Waals surface area contributed by atoms with Crippen LogP contribution in [0.25, 0.3) is 10.9 Å². The molecule has 1 aromatic heterocycles. The Hall–Kier alpha value is -3.47. The molecule has 0 N–H and O–H groups in total. The number of ether oxygens (including phenoxy) is 3. The quantitative estimate of drug-likeness (QED) is 0.115. The molecule has 0 atom stereocenters. The maximum Gasteiger partial charge on any atom is 0.297 e. The Bertz CT molecular complexity index is 1330. The highest BCUT2D eigenvalue weighted by atomic mass is 16.5. The number of fused-ring (bicyclic) bond motifs is 1. The number of pyridine rings is 1. The maximum atomic E-state index is 14.1. The van der Waals surface area contributed by atoms with Gasteiger partial charge in [-0.05, 0) is 70.2 Å². The molecule has 0 amide bonds. The number of nitrogens with zero attached hydrogens (tertiary/aromatic N) is 1. The minimum atomic E-state index is -0.158. The van der Waals surface area contributed by atoms with E-state index < -0.39 is 0 Å². The van der Waals surface area contributed by atoms with Gasteiger partial charge in [-0.25, -0.2) is 0 Å². The number of allylic oxidation sites excluding steroid dienone is 3. The van der Waals surface area contributed by atoms with Gasteiger partial charge in [0.15, 0.2) is 5.75 Å². The highest BCUT2D eigenvalue weighted by Crippen LogP contribution is 2.35. The van der Waals surface area contributed by atoms with Crippen LogP contribution in [0.1, 0.15) is 91.5 Å². The Morgan fingerprint density at radius 3 is 2.34 bits per heavy atom. The van der Waals surface area contributed by atoms with Crippen LogP contribution < -0.4 is 19.8 Å². The Morgan fingerprint density at radius 1 is 0.829 bits per heavy atom. The van der Waals surface area contributed by atoms with Gasteiger partial charge >= 0.3 is 0 Å².